The molecule has 0 aliphatic heterocycles. The van der Waals surface area contributed by atoms with Crippen molar-refractivity contribution in [3.05, 3.63) is 0 Å². The van der Waals surface area contributed by atoms with Gasteiger partial charge in [0.15, 0.2) is 0 Å². The molecule has 3 nitrogen and oxygen atoms in total. The summed E-state index contributed by atoms with van der Waals surface area (Å²) in [6.45, 7) is 8.77. The molecule has 0 spiro atoms. The van der Waals surface area contributed by atoms with Crippen LogP contribution in [0.4, 0.5) is 0 Å². The van der Waals surface area contributed by atoms with Gasteiger partial charge in [0.2, 0.25) is 0 Å². The third-order valence-corrected chi connectivity index (χ3v) is 4.50. The van der Waals surface area contributed by atoms with Crippen molar-refractivity contribution in [2.24, 2.45) is 17.8 Å². The lowest BCUT2D eigenvalue weighted by Gasteiger charge is -2.41. The molecule has 3 heteroatoms. The van der Waals surface area contributed by atoms with Gasteiger partial charge in [-0.1, -0.05) is 13.8 Å². The Morgan fingerprint density at radius 1 is 1.33 bits per heavy atom. The molecule has 0 aromatic heterocycles. The van der Waals surface area contributed by atoms with E-state index in [2.05, 4.69) is 38.2 Å². The fourth-order valence-electron chi connectivity index (χ4n) is 3.41. The Labute approximate surface area is 113 Å². The molecule has 5 atom stereocenters. The summed E-state index contributed by atoms with van der Waals surface area (Å²) in [4.78, 5) is 2.38. The number of rotatable bonds is 6. The second-order valence-electron chi connectivity index (χ2n) is 6.51. The second-order valence-corrected chi connectivity index (χ2v) is 6.51. The van der Waals surface area contributed by atoms with Gasteiger partial charge >= 0.3 is 0 Å². The van der Waals surface area contributed by atoms with Gasteiger partial charge in [-0.05, 0) is 58.0 Å². The summed E-state index contributed by atoms with van der Waals surface area (Å²) >= 11 is 0. The first-order valence-electron chi connectivity index (χ1n) is 7.47. The maximum atomic E-state index is 9.35. The van der Waals surface area contributed by atoms with Gasteiger partial charge in [0, 0.05) is 19.1 Å². The Bertz CT molecular complexity index is 233. The van der Waals surface area contributed by atoms with Crippen molar-refractivity contribution >= 4 is 0 Å². The standard InChI is InChI=1S/C15H32N2O/c1-11-8-12(2)14(15(9-11)16-4)10-17(5)7-6-13(3)18/h11-16,18H,6-10H2,1-5H3. The Balaban J connectivity index is 2.46. The Hall–Kier alpha value is -0.120. The number of nitrogens with one attached hydrogen (secondary N) is 1. The predicted octanol–water partition coefficient (Wildman–Crippen LogP) is 1.96. The van der Waals surface area contributed by atoms with Gasteiger partial charge in [-0.15, -0.1) is 0 Å². The van der Waals surface area contributed by atoms with Crippen molar-refractivity contribution in [1.82, 2.24) is 10.2 Å². The highest BCUT2D eigenvalue weighted by molar-refractivity contribution is 4.88. The second kappa shape index (κ2) is 7.46. The van der Waals surface area contributed by atoms with Crippen LogP contribution in [0, 0.1) is 17.8 Å². The van der Waals surface area contributed by atoms with Crippen molar-refractivity contribution in [3.8, 4) is 0 Å². The number of hydrogen-bond donors (Lipinski definition) is 2. The smallest absolute Gasteiger partial charge is 0.0524 e. The number of hydrogen-bond acceptors (Lipinski definition) is 3. The van der Waals surface area contributed by atoms with Crippen molar-refractivity contribution in [2.45, 2.75) is 52.2 Å². The fourth-order valence-corrected chi connectivity index (χ4v) is 3.41. The molecule has 1 aliphatic carbocycles. The third-order valence-electron chi connectivity index (χ3n) is 4.50. The fraction of sp³-hybridized carbons (Fsp3) is 1.00. The molecule has 18 heavy (non-hydrogen) atoms. The first kappa shape index (κ1) is 15.9. The minimum atomic E-state index is -0.184. The summed E-state index contributed by atoms with van der Waals surface area (Å²) < 4.78 is 0. The molecule has 0 aromatic carbocycles. The lowest BCUT2D eigenvalue weighted by atomic mass is 9.72. The van der Waals surface area contributed by atoms with Crippen LogP contribution in [0.25, 0.3) is 0 Å². The molecule has 0 saturated heterocycles. The van der Waals surface area contributed by atoms with Crippen LogP contribution in [0.3, 0.4) is 0 Å². The summed E-state index contributed by atoms with van der Waals surface area (Å²) in [7, 11) is 4.28. The molecule has 1 rings (SSSR count). The highest BCUT2D eigenvalue weighted by Gasteiger charge is 2.33. The SMILES string of the molecule is CNC1CC(C)CC(C)C1CN(C)CCC(C)O. The Kier molecular flexibility index (Phi) is 6.61. The van der Waals surface area contributed by atoms with Crippen LogP contribution >= 0.6 is 0 Å². The van der Waals surface area contributed by atoms with E-state index in [-0.39, 0.29) is 6.10 Å². The van der Waals surface area contributed by atoms with Crippen LogP contribution in [0.1, 0.15) is 40.0 Å². The summed E-state index contributed by atoms with van der Waals surface area (Å²) in [5, 5.41) is 12.9. The number of nitrogens with zero attached hydrogens (tertiary/aromatic N) is 1. The summed E-state index contributed by atoms with van der Waals surface area (Å²) in [5.41, 5.74) is 0. The lowest BCUT2D eigenvalue weighted by Crippen LogP contribution is -2.47. The third kappa shape index (κ3) is 4.87. The Morgan fingerprint density at radius 2 is 2.00 bits per heavy atom. The Morgan fingerprint density at radius 3 is 2.56 bits per heavy atom. The molecule has 1 saturated carbocycles. The van der Waals surface area contributed by atoms with Crippen molar-refractivity contribution in [3.63, 3.8) is 0 Å². The van der Waals surface area contributed by atoms with E-state index in [4.69, 9.17) is 0 Å². The molecular formula is C15H32N2O. The molecule has 0 radical (unpaired) electrons. The predicted molar refractivity (Wildman–Crippen MR) is 77.7 cm³/mol. The summed E-state index contributed by atoms with van der Waals surface area (Å²) in [5.74, 6) is 2.38. The molecule has 0 heterocycles. The summed E-state index contributed by atoms with van der Waals surface area (Å²) in [6, 6.07) is 0.651. The molecule has 0 amide bonds. The van der Waals surface area contributed by atoms with Crippen LogP contribution in [0.5, 0.6) is 0 Å². The molecule has 0 aromatic rings. The van der Waals surface area contributed by atoms with E-state index in [1.807, 2.05) is 6.92 Å². The zero-order valence-corrected chi connectivity index (χ0v) is 12.8. The van der Waals surface area contributed by atoms with Gasteiger partial charge in [-0.2, -0.15) is 0 Å². The first-order valence-corrected chi connectivity index (χ1v) is 7.47. The average Bonchev–Trinajstić information content (AvgIpc) is 2.29. The van der Waals surface area contributed by atoms with Gasteiger partial charge < -0.3 is 15.3 Å². The monoisotopic (exact) mass is 256 g/mol. The van der Waals surface area contributed by atoms with Gasteiger partial charge in [0.05, 0.1) is 6.10 Å². The van der Waals surface area contributed by atoms with Crippen LogP contribution in [-0.2, 0) is 0 Å². The molecule has 1 aliphatic rings. The van der Waals surface area contributed by atoms with E-state index >= 15 is 0 Å². The molecule has 5 unspecified atom stereocenters. The minimum absolute atomic E-state index is 0.184. The number of aliphatic hydroxyl groups excluding tert-OH is 1. The normalized spacial score (nSPS) is 34.8. The molecule has 0 bridgehead atoms. The van der Waals surface area contributed by atoms with Gasteiger partial charge in [0.1, 0.15) is 0 Å². The van der Waals surface area contributed by atoms with Crippen LogP contribution in [0.15, 0.2) is 0 Å². The maximum Gasteiger partial charge on any atom is 0.0524 e. The van der Waals surface area contributed by atoms with Crippen LogP contribution < -0.4 is 5.32 Å². The number of aliphatic hydroxyl groups is 1. The average molecular weight is 256 g/mol. The van der Waals surface area contributed by atoms with Crippen molar-refractivity contribution in [1.29, 1.82) is 0 Å². The van der Waals surface area contributed by atoms with Crippen molar-refractivity contribution < 1.29 is 5.11 Å². The minimum Gasteiger partial charge on any atom is -0.393 e. The maximum absolute atomic E-state index is 9.35. The van der Waals surface area contributed by atoms with E-state index in [1.165, 1.54) is 12.8 Å². The molecular weight excluding hydrogens is 224 g/mol. The largest absolute Gasteiger partial charge is 0.393 e. The zero-order valence-electron chi connectivity index (χ0n) is 12.8. The summed E-state index contributed by atoms with van der Waals surface area (Å²) in [6.07, 6.45) is 3.34. The quantitative estimate of drug-likeness (QED) is 0.762. The van der Waals surface area contributed by atoms with E-state index in [9.17, 15) is 5.11 Å². The van der Waals surface area contributed by atoms with Crippen LogP contribution in [0.2, 0.25) is 0 Å². The first-order chi connectivity index (χ1) is 8.43. The molecule has 2 N–H and O–H groups in total. The van der Waals surface area contributed by atoms with Gasteiger partial charge in [-0.25, -0.2) is 0 Å². The van der Waals surface area contributed by atoms with E-state index < -0.39 is 0 Å². The van der Waals surface area contributed by atoms with Crippen molar-refractivity contribution in [2.75, 3.05) is 27.2 Å². The van der Waals surface area contributed by atoms with Gasteiger partial charge in [0.25, 0.3) is 0 Å². The molecule has 1 fully saturated rings. The van der Waals surface area contributed by atoms with Gasteiger partial charge in [-0.3, -0.25) is 0 Å². The zero-order chi connectivity index (χ0) is 13.7. The van der Waals surface area contributed by atoms with E-state index in [0.717, 1.165) is 37.3 Å². The van der Waals surface area contributed by atoms with E-state index in [0.29, 0.717) is 6.04 Å². The molecule has 108 valence electrons. The highest BCUT2D eigenvalue weighted by Crippen LogP contribution is 2.34. The lowest BCUT2D eigenvalue weighted by molar-refractivity contribution is 0.104. The van der Waals surface area contributed by atoms with Crippen LogP contribution in [-0.4, -0.2) is 49.3 Å². The van der Waals surface area contributed by atoms with E-state index in [1.54, 1.807) is 0 Å². The topological polar surface area (TPSA) is 35.5 Å². The highest BCUT2D eigenvalue weighted by atomic mass is 16.3.